The van der Waals surface area contributed by atoms with Crippen molar-refractivity contribution in [2.24, 2.45) is 5.92 Å². The monoisotopic (exact) mass is 493 g/mol. The summed E-state index contributed by atoms with van der Waals surface area (Å²) < 4.78 is 38.7. The third kappa shape index (κ3) is 4.75. The Morgan fingerprint density at radius 1 is 1.27 bits per heavy atom. The molecule has 1 aliphatic rings. The number of hydrogen-bond donors (Lipinski definition) is 1. The average Bonchev–Trinajstić information content (AvgIpc) is 3.31. The second kappa shape index (κ2) is 9.40. The summed E-state index contributed by atoms with van der Waals surface area (Å²) in [5.74, 6) is -0.240. The summed E-state index contributed by atoms with van der Waals surface area (Å²) in [5.41, 5.74) is 1.88. The second-order valence-corrected chi connectivity index (χ2v) is 11.1. The van der Waals surface area contributed by atoms with E-state index in [4.69, 9.17) is 9.47 Å². The molecule has 0 amide bonds. The van der Waals surface area contributed by atoms with Gasteiger partial charge in [0.05, 0.1) is 37.0 Å². The summed E-state index contributed by atoms with van der Waals surface area (Å²) in [6, 6.07) is 4.98. The molecule has 0 aliphatic heterocycles. The number of nitrogens with zero attached hydrogens (tertiary/aromatic N) is 3. The summed E-state index contributed by atoms with van der Waals surface area (Å²) in [5, 5.41) is 14.3. The number of aromatic nitrogens is 3. The van der Waals surface area contributed by atoms with E-state index in [1.54, 1.807) is 29.6 Å². The van der Waals surface area contributed by atoms with Gasteiger partial charge in [-0.15, -0.1) is 5.10 Å². The average molecular weight is 494 g/mol. The number of benzene rings is 1. The zero-order valence-electron chi connectivity index (χ0n) is 18.8. The SMILES string of the molecule is CCOC(=O)c1nn2c(-c3ccc(OC)c(S(=O)(=O)CC4CCC(O)CC4)c3)c(C)nc2s1. The minimum Gasteiger partial charge on any atom is -0.495 e. The molecule has 1 saturated carbocycles. The molecule has 178 valence electrons. The van der Waals surface area contributed by atoms with Crippen LogP contribution in [0, 0.1) is 12.8 Å². The van der Waals surface area contributed by atoms with E-state index < -0.39 is 15.8 Å². The lowest BCUT2D eigenvalue weighted by atomic mass is 9.89. The highest BCUT2D eigenvalue weighted by atomic mass is 32.2. The summed E-state index contributed by atoms with van der Waals surface area (Å²) in [6.07, 6.45) is 2.26. The van der Waals surface area contributed by atoms with Gasteiger partial charge in [-0.1, -0.05) is 11.3 Å². The smallest absolute Gasteiger partial charge is 0.369 e. The van der Waals surface area contributed by atoms with E-state index in [0.717, 1.165) is 11.3 Å². The zero-order valence-corrected chi connectivity index (χ0v) is 20.4. The Hall–Kier alpha value is -2.50. The molecule has 33 heavy (non-hydrogen) atoms. The van der Waals surface area contributed by atoms with E-state index in [1.165, 1.54) is 7.11 Å². The number of fused-ring (bicyclic) bond motifs is 1. The number of aliphatic hydroxyl groups is 1. The Morgan fingerprint density at radius 3 is 2.67 bits per heavy atom. The molecule has 1 fully saturated rings. The molecule has 0 atom stereocenters. The van der Waals surface area contributed by atoms with E-state index >= 15 is 0 Å². The highest BCUT2D eigenvalue weighted by Crippen LogP contribution is 2.35. The van der Waals surface area contributed by atoms with Crippen molar-refractivity contribution in [2.45, 2.75) is 50.5 Å². The summed E-state index contributed by atoms with van der Waals surface area (Å²) in [6.45, 7) is 3.78. The molecule has 4 rings (SSSR count). The minimum absolute atomic E-state index is 0.000786. The van der Waals surface area contributed by atoms with Crippen molar-refractivity contribution in [3.63, 3.8) is 0 Å². The molecule has 0 radical (unpaired) electrons. The van der Waals surface area contributed by atoms with Gasteiger partial charge >= 0.3 is 5.97 Å². The van der Waals surface area contributed by atoms with Crippen molar-refractivity contribution in [1.29, 1.82) is 0 Å². The normalized spacial score (nSPS) is 19.0. The molecule has 0 unspecified atom stereocenters. The van der Waals surface area contributed by atoms with E-state index in [1.807, 2.05) is 6.92 Å². The van der Waals surface area contributed by atoms with Crippen LogP contribution in [0.4, 0.5) is 0 Å². The standard InChI is InChI=1S/C22H27N3O6S2/c1-4-31-21(27)20-24-25-19(13(2)23-22(25)32-20)15-7-10-17(30-3)18(11-15)33(28,29)12-14-5-8-16(26)9-6-14/h7,10-11,14,16,26H,4-6,8-9,12H2,1-3H3. The maximum Gasteiger partial charge on any atom is 0.369 e. The minimum atomic E-state index is -3.64. The van der Waals surface area contributed by atoms with Crippen molar-refractivity contribution in [1.82, 2.24) is 14.6 Å². The molecular formula is C22H27N3O6S2. The van der Waals surface area contributed by atoms with E-state index in [9.17, 15) is 18.3 Å². The lowest BCUT2D eigenvalue weighted by Gasteiger charge is -2.25. The van der Waals surface area contributed by atoms with E-state index in [2.05, 4.69) is 10.1 Å². The highest BCUT2D eigenvalue weighted by Gasteiger charge is 2.29. The Balaban J connectivity index is 1.73. The Morgan fingerprint density at radius 2 is 2.00 bits per heavy atom. The van der Waals surface area contributed by atoms with Crippen LogP contribution in [0.1, 0.15) is 48.1 Å². The number of aliphatic hydroxyl groups excluding tert-OH is 1. The van der Waals surface area contributed by atoms with Crippen LogP contribution in [-0.4, -0.2) is 59.7 Å². The third-order valence-corrected chi connectivity index (χ3v) is 8.66. The molecule has 11 heteroatoms. The largest absolute Gasteiger partial charge is 0.495 e. The molecular weight excluding hydrogens is 466 g/mol. The van der Waals surface area contributed by atoms with Gasteiger partial charge in [-0.2, -0.15) is 0 Å². The van der Waals surface area contributed by atoms with Crippen molar-refractivity contribution in [3.8, 4) is 17.0 Å². The molecule has 1 aliphatic carbocycles. The first kappa shape index (κ1) is 23.7. The van der Waals surface area contributed by atoms with Crippen molar-refractivity contribution in [3.05, 3.63) is 28.9 Å². The quantitative estimate of drug-likeness (QED) is 0.498. The maximum absolute atomic E-state index is 13.4. The fourth-order valence-corrected chi connectivity index (χ4v) is 6.97. The van der Waals surface area contributed by atoms with Crippen LogP contribution in [0.5, 0.6) is 5.75 Å². The Kier molecular flexibility index (Phi) is 6.73. The number of methoxy groups -OCH3 is 1. The predicted octanol–water partition coefficient (Wildman–Crippen LogP) is 3.28. The third-order valence-electron chi connectivity index (χ3n) is 5.87. The van der Waals surface area contributed by atoms with Crippen LogP contribution < -0.4 is 4.74 Å². The number of esters is 1. The van der Waals surface area contributed by atoms with Gasteiger partial charge in [-0.3, -0.25) is 0 Å². The van der Waals surface area contributed by atoms with E-state index in [-0.39, 0.29) is 40.0 Å². The van der Waals surface area contributed by atoms with Gasteiger partial charge in [-0.25, -0.2) is 22.7 Å². The van der Waals surface area contributed by atoms with Crippen molar-refractivity contribution < 1.29 is 27.8 Å². The first-order valence-corrected chi connectivity index (χ1v) is 13.3. The fraction of sp³-hybridized carbons (Fsp3) is 0.500. The number of rotatable bonds is 7. The van der Waals surface area contributed by atoms with Crippen LogP contribution in [-0.2, 0) is 14.6 Å². The number of hydrogen-bond acceptors (Lipinski definition) is 9. The molecule has 2 heterocycles. The van der Waals surface area contributed by atoms with Gasteiger partial charge in [-0.05, 0) is 63.6 Å². The molecule has 2 aromatic heterocycles. The number of ether oxygens (including phenoxy) is 2. The Labute approximate surface area is 196 Å². The molecule has 1 aromatic carbocycles. The van der Waals surface area contributed by atoms with Gasteiger partial charge in [0, 0.05) is 5.56 Å². The number of aryl methyl sites for hydroxylation is 1. The number of carbonyl (C=O) groups is 1. The fourth-order valence-electron chi connectivity index (χ4n) is 4.23. The topological polar surface area (TPSA) is 120 Å². The van der Waals surface area contributed by atoms with Crippen molar-refractivity contribution in [2.75, 3.05) is 19.5 Å². The van der Waals surface area contributed by atoms with Gasteiger partial charge in [0.1, 0.15) is 10.6 Å². The lowest BCUT2D eigenvalue weighted by molar-refractivity contribution is 0.0524. The number of carbonyl (C=O) groups excluding carboxylic acids is 1. The summed E-state index contributed by atoms with van der Waals surface area (Å²) in [4.78, 5) is 17.2. The van der Waals surface area contributed by atoms with E-state index in [0.29, 0.717) is 47.6 Å². The van der Waals surface area contributed by atoms with Crippen LogP contribution in [0.3, 0.4) is 0 Å². The zero-order chi connectivity index (χ0) is 23.8. The molecule has 3 aromatic rings. The molecule has 1 N–H and O–H groups in total. The maximum atomic E-state index is 13.4. The van der Waals surface area contributed by atoms with Gasteiger partial charge in [0.15, 0.2) is 9.84 Å². The van der Waals surface area contributed by atoms with Crippen LogP contribution in [0.2, 0.25) is 0 Å². The second-order valence-electron chi connectivity index (χ2n) is 8.19. The lowest BCUT2D eigenvalue weighted by Crippen LogP contribution is -2.24. The summed E-state index contributed by atoms with van der Waals surface area (Å²) >= 11 is 1.12. The Bertz CT molecular complexity index is 1270. The number of imidazole rings is 1. The van der Waals surface area contributed by atoms with Gasteiger partial charge in [0.2, 0.25) is 9.97 Å². The van der Waals surface area contributed by atoms with Crippen LogP contribution in [0.25, 0.3) is 16.2 Å². The summed E-state index contributed by atoms with van der Waals surface area (Å²) in [7, 11) is -2.20. The highest BCUT2D eigenvalue weighted by molar-refractivity contribution is 7.91. The molecule has 0 spiro atoms. The predicted molar refractivity (Wildman–Crippen MR) is 124 cm³/mol. The number of sulfone groups is 1. The van der Waals surface area contributed by atoms with Crippen LogP contribution >= 0.6 is 11.3 Å². The van der Waals surface area contributed by atoms with Crippen LogP contribution in [0.15, 0.2) is 23.1 Å². The first-order chi connectivity index (χ1) is 15.7. The van der Waals surface area contributed by atoms with Gasteiger partial charge in [0.25, 0.3) is 0 Å². The molecule has 0 saturated heterocycles. The molecule has 9 nitrogen and oxygen atoms in total. The van der Waals surface area contributed by atoms with Gasteiger partial charge < -0.3 is 14.6 Å². The van der Waals surface area contributed by atoms with Crippen molar-refractivity contribution >= 4 is 32.1 Å². The molecule has 0 bridgehead atoms. The first-order valence-electron chi connectivity index (χ1n) is 10.9.